The predicted molar refractivity (Wildman–Crippen MR) is 99.8 cm³/mol. The molecule has 27 heavy (non-hydrogen) atoms. The summed E-state index contributed by atoms with van der Waals surface area (Å²) in [5.41, 5.74) is 0.824. The van der Waals surface area contributed by atoms with Crippen LogP contribution in [-0.4, -0.2) is 12.5 Å². The molecule has 0 fully saturated rings. The average molecular weight is 362 g/mol. The lowest BCUT2D eigenvalue weighted by atomic mass is 10.2. The van der Waals surface area contributed by atoms with Crippen LogP contribution >= 0.6 is 0 Å². The molecular weight excluding hydrogens is 344 g/mol. The molecule has 3 rings (SSSR count). The molecule has 1 amide bonds. The van der Waals surface area contributed by atoms with E-state index in [-0.39, 0.29) is 12.4 Å². The highest BCUT2D eigenvalue weighted by Gasteiger charge is 2.13. The summed E-state index contributed by atoms with van der Waals surface area (Å²) < 4.78 is 16.6. The first-order valence-corrected chi connectivity index (χ1v) is 8.44. The van der Waals surface area contributed by atoms with E-state index in [1.54, 1.807) is 48.5 Å². The van der Waals surface area contributed by atoms with Crippen LogP contribution in [-0.2, 0) is 6.61 Å². The topological polar surface area (TPSA) is 84.5 Å². The summed E-state index contributed by atoms with van der Waals surface area (Å²) in [6, 6.07) is 19.3. The van der Waals surface area contributed by atoms with Crippen molar-refractivity contribution >= 4 is 11.6 Å². The Hall–Kier alpha value is -3.72. The normalized spacial score (nSPS) is 10.1. The maximum atomic E-state index is 12.3. The van der Waals surface area contributed by atoms with Gasteiger partial charge in [0.2, 0.25) is 0 Å². The van der Waals surface area contributed by atoms with Crippen LogP contribution in [0.15, 0.2) is 65.1 Å². The van der Waals surface area contributed by atoms with E-state index in [9.17, 15) is 4.79 Å². The van der Waals surface area contributed by atoms with E-state index in [0.29, 0.717) is 29.4 Å². The highest BCUT2D eigenvalue weighted by Crippen LogP contribution is 2.20. The van der Waals surface area contributed by atoms with Gasteiger partial charge in [-0.15, -0.1) is 0 Å². The van der Waals surface area contributed by atoms with Crippen molar-refractivity contribution in [2.24, 2.45) is 0 Å². The lowest BCUT2D eigenvalue weighted by molar-refractivity contribution is 0.0992. The van der Waals surface area contributed by atoms with Gasteiger partial charge in [-0.1, -0.05) is 12.1 Å². The number of carbonyl (C=O) groups is 1. The zero-order valence-electron chi connectivity index (χ0n) is 14.8. The molecule has 0 unspecified atom stereocenters. The Morgan fingerprint density at radius 2 is 1.74 bits per heavy atom. The molecule has 6 heteroatoms. The molecule has 0 bridgehead atoms. The van der Waals surface area contributed by atoms with Crippen molar-refractivity contribution in [2.45, 2.75) is 13.5 Å². The lowest BCUT2D eigenvalue weighted by Gasteiger charge is -2.06. The molecular formula is C21H18N2O4. The number of hydrogen-bond donors (Lipinski definition) is 1. The van der Waals surface area contributed by atoms with Crippen molar-refractivity contribution in [3.8, 4) is 17.6 Å². The monoisotopic (exact) mass is 362 g/mol. The first-order chi connectivity index (χ1) is 13.2. The largest absolute Gasteiger partial charge is 0.494 e. The molecule has 0 aliphatic heterocycles. The third kappa shape index (κ3) is 4.67. The summed E-state index contributed by atoms with van der Waals surface area (Å²) in [5.74, 6) is 1.68. The zero-order chi connectivity index (χ0) is 19.1. The number of nitriles is 1. The molecule has 0 aliphatic rings. The molecule has 0 spiro atoms. The SMILES string of the molecule is CCOc1ccc(OCc2ccc(C(=O)Nc3ccccc3C#N)o2)cc1. The zero-order valence-corrected chi connectivity index (χ0v) is 14.8. The Morgan fingerprint density at radius 3 is 2.44 bits per heavy atom. The van der Waals surface area contributed by atoms with Gasteiger partial charge in [0.15, 0.2) is 5.76 Å². The number of benzene rings is 2. The van der Waals surface area contributed by atoms with Crippen LogP contribution in [0, 0.1) is 11.3 Å². The third-order valence-electron chi connectivity index (χ3n) is 3.70. The van der Waals surface area contributed by atoms with E-state index in [2.05, 4.69) is 5.32 Å². The van der Waals surface area contributed by atoms with E-state index in [1.165, 1.54) is 0 Å². The van der Waals surface area contributed by atoms with Gasteiger partial charge in [-0.25, -0.2) is 0 Å². The van der Waals surface area contributed by atoms with Gasteiger partial charge in [0, 0.05) is 0 Å². The van der Waals surface area contributed by atoms with Gasteiger partial charge in [-0.2, -0.15) is 5.26 Å². The molecule has 6 nitrogen and oxygen atoms in total. The minimum absolute atomic E-state index is 0.146. The van der Waals surface area contributed by atoms with E-state index >= 15 is 0 Å². The number of rotatable bonds is 7. The summed E-state index contributed by atoms with van der Waals surface area (Å²) in [7, 11) is 0. The van der Waals surface area contributed by atoms with Crippen LogP contribution in [0.25, 0.3) is 0 Å². The Kier molecular flexibility index (Phi) is 5.75. The minimum Gasteiger partial charge on any atom is -0.494 e. The van der Waals surface area contributed by atoms with Gasteiger partial charge in [0.05, 0.1) is 17.9 Å². The van der Waals surface area contributed by atoms with Crippen molar-refractivity contribution in [2.75, 3.05) is 11.9 Å². The highest BCUT2D eigenvalue weighted by molar-refractivity contribution is 6.03. The van der Waals surface area contributed by atoms with Crippen LogP contribution in [0.3, 0.4) is 0 Å². The van der Waals surface area contributed by atoms with Gasteiger partial charge in [-0.05, 0) is 55.5 Å². The Labute approximate surface area is 156 Å². The quantitative estimate of drug-likeness (QED) is 0.674. The number of para-hydroxylation sites is 1. The average Bonchev–Trinajstić information content (AvgIpc) is 3.17. The molecule has 136 valence electrons. The van der Waals surface area contributed by atoms with E-state index < -0.39 is 5.91 Å². The van der Waals surface area contributed by atoms with Crippen molar-refractivity contribution < 1.29 is 18.7 Å². The highest BCUT2D eigenvalue weighted by atomic mass is 16.5. The molecule has 0 atom stereocenters. The number of anilines is 1. The molecule has 1 aromatic heterocycles. The Morgan fingerprint density at radius 1 is 1.04 bits per heavy atom. The van der Waals surface area contributed by atoms with Gasteiger partial charge >= 0.3 is 0 Å². The summed E-state index contributed by atoms with van der Waals surface area (Å²) in [5, 5.41) is 11.8. The third-order valence-corrected chi connectivity index (χ3v) is 3.70. The summed E-state index contributed by atoms with van der Waals surface area (Å²) in [4.78, 5) is 12.3. The summed E-state index contributed by atoms with van der Waals surface area (Å²) >= 11 is 0. The van der Waals surface area contributed by atoms with E-state index in [0.717, 1.165) is 5.75 Å². The van der Waals surface area contributed by atoms with Crippen LogP contribution in [0.1, 0.15) is 28.8 Å². The second-order valence-corrected chi connectivity index (χ2v) is 5.57. The summed E-state index contributed by atoms with van der Waals surface area (Å²) in [6.07, 6.45) is 0. The fraction of sp³-hybridized carbons (Fsp3) is 0.143. The fourth-order valence-corrected chi connectivity index (χ4v) is 2.40. The minimum atomic E-state index is -0.426. The smallest absolute Gasteiger partial charge is 0.291 e. The number of ether oxygens (including phenoxy) is 2. The molecule has 0 saturated carbocycles. The second-order valence-electron chi connectivity index (χ2n) is 5.57. The van der Waals surface area contributed by atoms with Gasteiger partial charge in [0.25, 0.3) is 5.91 Å². The second kappa shape index (κ2) is 8.59. The molecule has 0 saturated heterocycles. The number of hydrogen-bond acceptors (Lipinski definition) is 5. The number of furan rings is 1. The van der Waals surface area contributed by atoms with E-state index in [1.807, 2.05) is 25.1 Å². The van der Waals surface area contributed by atoms with E-state index in [4.69, 9.17) is 19.2 Å². The Bertz CT molecular complexity index is 955. The summed E-state index contributed by atoms with van der Waals surface area (Å²) in [6.45, 7) is 2.72. The number of amides is 1. The lowest BCUT2D eigenvalue weighted by Crippen LogP contribution is -2.11. The van der Waals surface area contributed by atoms with Crippen molar-refractivity contribution in [1.29, 1.82) is 5.26 Å². The fourth-order valence-electron chi connectivity index (χ4n) is 2.40. The van der Waals surface area contributed by atoms with Crippen LogP contribution in [0.4, 0.5) is 5.69 Å². The Balaban J connectivity index is 1.59. The van der Waals surface area contributed by atoms with Crippen LogP contribution in [0.2, 0.25) is 0 Å². The molecule has 0 radical (unpaired) electrons. The first-order valence-electron chi connectivity index (χ1n) is 8.44. The van der Waals surface area contributed by atoms with Crippen molar-refractivity contribution in [1.82, 2.24) is 0 Å². The van der Waals surface area contributed by atoms with Crippen LogP contribution < -0.4 is 14.8 Å². The maximum absolute atomic E-state index is 12.3. The predicted octanol–water partition coefficient (Wildman–Crippen LogP) is 4.38. The van der Waals surface area contributed by atoms with Gasteiger partial charge < -0.3 is 19.2 Å². The van der Waals surface area contributed by atoms with Gasteiger partial charge in [0.1, 0.15) is 29.9 Å². The number of carbonyl (C=O) groups excluding carboxylic acids is 1. The first kappa shape index (κ1) is 18.1. The molecule has 3 aromatic rings. The number of nitrogens with zero attached hydrogens (tertiary/aromatic N) is 1. The molecule has 1 heterocycles. The standard InChI is InChI=1S/C21H18N2O4/c1-2-25-16-7-9-17(10-8-16)26-14-18-11-12-20(27-18)21(24)23-19-6-4-3-5-15(19)13-22/h3-12H,2,14H2,1H3,(H,23,24). The van der Waals surface area contributed by atoms with Gasteiger partial charge in [-0.3, -0.25) is 4.79 Å². The molecule has 0 aliphatic carbocycles. The van der Waals surface area contributed by atoms with Crippen molar-refractivity contribution in [3.63, 3.8) is 0 Å². The number of nitrogens with one attached hydrogen (secondary N) is 1. The maximum Gasteiger partial charge on any atom is 0.291 e. The molecule has 2 aromatic carbocycles. The molecule has 1 N–H and O–H groups in total. The van der Waals surface area contributed by atoms with Crippen LogP contribution in [0.5, 0.6) is 11.5 Å². The van der Waals surface area contributed by atoms with Crippen molar-refractivity contribution in [3.05, 3.63) is 77.7 Å².